The molecule has 3 aromatic rings. The number of anilines is 1. The van der Waals surface area contributed by atoms with Gasteiger partial charge in [0, 0.05) is 53.3 Å². The monoisotopic (exact) mass is 509 g/mol. The Balaban J connectivity index is 1.48. The molecule has 9 heteroatoms. The van der Waals surface area contributed by atoms with Crippen LogP contribution in [-0.4, -0.2) is 60.9 Å². The summed E-state index contributed by atoms with van der Waals surface area (Å²) in [5, 5.41) is 2.14. The highest BCUT2D eigenvalue weighted by molar-refractivity contribution is 7.99. The molecule has 2 aromatic carbocycles. The van der Waals surface area contributed by atoms with E-state index in [-0.39, 0.29) is 5.91 Å². The van der Waals surface area contributed by atoms with Crippen LogP contribution in [0.2, 0.25) is 10.0 Å². The Morgan fingerprint density at radius 2 is 1.94 bits per heavy atom. The Morgan fingerprint density at radius 3 is 2.69 bits per heavy atom. The summed E-state index contributed by atoms with van der Waals surface area (Å²) >= 11 is 15.4. The molecule has 0 unspecified atom stereocenters. The summed E-state index contributed by atoms with van der Waals surface area (Å²) in [5.74, 6) is 0.784. The number of thiazole rings is 1. The lowest BCUT2D eigenvalue weighted by Gasteiger charge is -2.29. The lowest BCUT2D eigenvalue weighted by molar-refractivity contribution is -0.118. The second-order valence-electron chi connectivity index (χ2n) is 7.62. The Hall–Kier alpha value is -1.35. The van der Waals surface area contributed by atoms with Gasteiger partial charge in [-0.25, -0.2) is 4.98 Å². The van der Waals surface area contributed by atoms with Gasteiger partial charge in [-0.3, -0.25) is 14.6 Å². The number of nitrogens with zero attached hydrogens (tertiary/aromatic N) is 3. The Bertz CT molecular complexity index is 1070. The quantitative estimate of drug-likeness (QED) is 0.361. The highest BCUT2D eigenvalue weighted by atomic mass is 35.5. The molecule has 1 aliphatic heterocycles. The number of ether oxygens (including phenoxy) is 1. The van der Waals surface area contributed by atoms with E-state index in [1.54, 1.807) is 11.8 Å². The van der Waals surface area contributed by atoms with Crippen molar-refractivity contribution in [1.29, 1.82) is 0 Å². The summed E-state index contributed by atoms with van der Waals surface area (Å²) in [6.07, 6.45) is 0.437. The van der Waals surface area contributed by atoms with Crippen LogP contribution in [0.4, 0.5) is 5.13 Å². The smallest absolute Gasteiger partial charge is 0.229 e. The van der Waals surface area contributed by atoms with Crippen LogP contribution in [0.15, 0.2) is 41.3 Å². The molecule has 0 saturated carbocycles. The maximum absolute atomic E-state index is 13.3. The number of amides is 1. The first kappa shape index (κ1) is 23.8. The zero-order chi connectivity index (χ0) is 22.5. The van der Waals surface area contributed by atoms with Crippen LogP contribution in [0.3, 0.4) is 0 Å². The Morgan fingerprint density at radius 1 is 1.19 bits per heavy atom. The molecule has 0 radical (unpaired) electrons. The van der Waals surface area contributed by atoms with Crippen molar-refractivity contribution < 1.29 is 9.53 Å². The second-order valence-corrected chi connectivity index (χ2v) is 10.7. The zero-order valence-electron chi connectivity index (χ0n) is 17.9. The van der Waals surface area contributed by atoms with Crippen molar-refractivity contribution in [3.63, 3.8) is 0 Å². The molecule has 0 spiro atoms. The molecule has 5 nitrogen and oxygen atoms in total. The lowest BCUT2D eigenvalue weighted by Crippen LogP contribution is -2.43. The Labute approximate surface area is 206 Å². The summed E-state index contributed by atoms with van der Waals surface area (Å²) < 4.78 is 6.45. The van der Waals surface area contributed by atoms with E-state index < -0.39 is 0 Å². The molecular formula is C23H25Cl2N3O2S2. The average molecular weight is 511 g/mol. The van der Waals surface area contributed by atoms with E-state index in [1.165, 1.54) is 11.3 Å². The van der Waals surface area contributed by atoms with E-state index in [0.29, 0.717) is 28.8 Å². The van der Waals surface area contributed by atoms with Crippen molar-refractivity contribution in [1.82, 2.24) is 9.88 Å². The molecule has 0 atom stereocenters. The maximum Gasteiger partial charge on any atom is 0.229 e. The van der Waals surface area contributed by atoms with Crippen LogP contribution < -0.4 is 4.90 Å². The van der Waals surface area contributed by atoms with Gasteiger partial charge in [0.15, 0.2) is 5.13 Å². The van der Waals surface area contributed by atoms with Crippen LogP contribution in [-0.2, 0) is 9.53 Å². The number of hydrogen-bond acceptors (Lipinski definition) is 6. The summed E-state index contributed by atoms with van der Waals surface area (Å²) in [5.41, 5.74) is 1.93. The number of aromatic nitrogens is 1. The van der Waals surface area contributed by atoms with E-state index in [0.717, 1.165) is 58.7 Å². The number of carbonyl (C=O) groups is 1. The standard InChI is InChI=1S/C23H25Cl2N3O2S2/c1-16-14-18(25)15-20-22(16)26-23(32-20)28(8-7-27-9-11-30-12-10-27)21(29)6-13-31-19-4-2-17(24)3-5-19/h2-5,14-15H,6-13H2,1H3. The fraction of sp³-hybridized carbons (Fsp3) is 0.391. The molecule has 4 rings (SSSR count). The molecule has 1 aliphatic rings. The van der Waals surface area contributed by atoms with Gasteiger partial charge >= 0.3 is 0 Å². The van der Waals surface area contributed by atoms with Gasteiger partial charge in [0.05, 0.1) is 23.4 Å². The molecule has 0 N–H and O–H groups in total. The first-order valence-electron chi connectivity index (χ1n) is 10.5. The first-order chi connectivity index (χ1) is 15.5. The molecule has 0 bridgehead atoms. The number of aryl methyl sites for hydroxylation is 1. The predicted octanol–water partition coefficient (Wildman–Crippen LogP) is 5.76. The third-order valence-corrected chi connectivity index (χ3v) is 7.82. The molecule has 0 aliphatic carbocycles. The Kier molecular flexibility index (Phi) is 8.32. The topological polar surface area (TPSA) is 45.7 Å². The average Bonchev–Trinajstić information content (AvgIpc) is 3.20. The highest BCUT2D eigenvalue weighted by Crippen LogP contribution is 2.33. The highest BCUT2D eigenvalue weighted by Gasteiger charge is 2.22. The van der Waals surface area contributed by atoms with E-state index in [1.807, 2.05) is 48.2 Å². The van der Waals surface area contributed by atoms with Crippen molar-refractivity contribution in [3.8, 4) is 0 Å². The van der Waals surface area contributed by atoms with Crippen LogP contribution in [0.5, 0.6) is 0 Å². The van der Waals surface area contributed by atoms with Gasteiger partial charge in [-0.2, -0.15) is 0 Å². The fourth-order valence-electron chi connectivity index (χ4n) is 3.57. The van der Waals surface area contributed by atoms with Gasteiger partial charge < -0.3 is 4.74 Å². The van der Waals surface area contributed by atoms with Gasteiger partial charge in [0.2, 0.25) is 5.91 Å². The normalized spacial score (nSPS) is 14.7. The number of halogens is 2. The lowest BCUT2D eigenvalue weighted by atomic mass is 10.2. The van der Waals surface area contributed by atoms with Gasteiger partial charge in [-0.15, -0.1) is 11.8 Å². The number of morpholine rings is 1. The second kappa shape index (κ2) is 11.2. The number of rotatable bonds is 8. The zero-order valence-corrected chi connectivity index (χ0v) is 21.0. The molecule has 32 heavy (non-hydrogen) atoms. The van der Waals surface area contributed by atoms with Crippen LogP contribution in [0.1, 0.15) is 12.0 Å². The predicted molar refractivity (Wildman–Crippen MR) is 136 cm³/mol. The fourth-order valence-corrected chi connectivity index (χ4v) is 6.00. The summed E-state index contributed by atoms with van der Waals surface area (Å²) in [7, 11) is 0. The summed E-state index contributed by atoms with van der Waals surface area (Å²) in [4.78, 5) is 23.4. The van der Waals surface area contributed by atoms with Crippen molar-refractivity contribution in [2.45, 2.75) is 18.2 Å². The van der Waals surface area contributed by atoms with Crippen molar-refractivity contribution in [2.24, 2.45) is 0 Å². The van der Waals surface area contributed by atoms with Gasteiger partial charge in [-0.1, -0.05) is 34.5 Å². The number of benzene rings is 2. The first-order valence-corrected chi connectivity index (χ1v) is 13.1. The van der Waals surface area contributed by atoms with E-state index >= 15 is 0 Å². The third-order valence-electron chi connectivity index (χ3n) is 5.31. The van der Waals surface area contributed by atoms with Crippen LogP contribution >= 0.6 is 46.3 Å². The van der Waals surface area contributed by atoms with Gasteiger partial charge in [0.1, 0.15) is 0 Å². The summed E-state index contributed by atoms with van der Waals surface area (Å²) in [6, 6.07) is 11.5. The van der Waals surface area contributed by atoms with Gasteiger partial charge in [-0.05, 0) is 48.9 Å². The minimum Gasteiger partial charge on any atom is -0.379 e. The molecule has 1 fully saturated rings. The molecule has 1 amide bonds. The maximum atomic E-state index is 13.3. The van der Waals surface area contributed by atoms with Crippen molar-refractivity contribution in [2.75, 3.05) is 50.0 Å². The molecule has 1 aromatic heterocycles. The van der Waals surface area contributed by atoms with Crippen LogP contribution in [0, 0.1) is 6.92 Å². The summed E-state index contributed by atoms with van der Waals surface area (Å²) in [6.45, 7) is 6.67. The van der Waals surface area contributed by atoms with Crippen molar-refractivity contribution >= 4 is 67.6 Å². The minimum atomic E-state index is 0.0857. The molecule has 170 valence electrons. The largest absolute Gasteiger partial charge is 0.379 e. The number of hydrogen-bond donors (Lipinski definition) is 0. The van der Waals surface area contributed by atoms with E-state index in [9.17, 15) is 4.79 Å². The molecule has 2 heterocycles. The molecule has 1 saturated heterocycles. The van der Waals surface area contributed by atoms with Gasteiger partial charge in [0.25, 0.3) is 0 Å². The number of carbonyl (C=O) groups excluding carboxylic acids is 1. The van der Waals surface area contributed by atoms with E-state index in [4.69, 9.17) is 32.9 Å². The minimum absolute atomic E-state index is 0.0857. The van der Waals surface area contributed by atoms with Crippen molar-refractivity contribution in [3.05, 3.63) is 52.0 Å². The number of fused-ring (bicyclic) bond motifs is 1. The SMILES string of the molecule is Cc1cc(Cl)cc2sc(N(CCN3CCOCC3)C(=O)CCSc3ccc(Cl)cc3)nc12. The van der Waals surface area contributed by atoms with E-state index in [2.05, 4.69) is 4.90 Å². The van der Waals surface area contributed by atoms with Crippen LogP contribution in [0.25, 0.3) is 10.2 Å². The number of thioether (sulfide) groups is 1. The molecular weight excluding hydrogens is 485 g/mol. The third kappa shape index (κ3) is 6.16.